The first-order valence-electron chi connectivity index (χ1n) is 12.0. The Labute approximate surface area is 205 Å². The van der Waals surface area contributed by atoms with Gasteiger partial charge in [-0.1, -0.05) is 6.42 Å². The summed E-state index contributed by atoms with van der Waals surface area (Å²) in [4.78, 5) is 41.4. The average molecular weight is 495 g/mol. The van der Waals surface area contributed by atoms with Gasteiger partial charge >= 0.3 is 5.69 Å². The number of benzene rings is 1. The molecule has 0 fully saturated rings. The molecule has 1 aromatic carbocycles. The second kappa shape index (κ2) is 9.51. The van der Waals surface area contributed by atoms with Gasteiger partial charge in [0.25, 0.3) is 5.56 Å². The zero-order valence-corrected chi connectivity index (χ0v) is 20.2. The second-order valence-electron chi connectivity index (χ2n) is 9.06. The van der Waals surface area contributed by atoms with Gasteiger partial charge in [-0.3, -0.25) is 18.7 Å². The maximum Gasteiger partial charge on any atom is 0.332 e. The van der Waals surface area contributed by atoms with Gasteiger partial charge in [0.15, 0.2) is 17.0 Å². The van der Waals surface area contributed by atoms with E-state index in [0.717, 1.165) is 42.6 Å². The van der Waals surface area contributed by atoms with Crippen LogP contribution in [0, 0.1) is 5.82 Å². The van der Waals surface area contributed by atoms with Gasteiger partial charge in [0, 0.05) is 45.6 Å². The summed E-state index contributed by atoms with van der Waals surface area (Å²) < 4.78 is 20.5. The normalized spacial score (nSPS) is 13.5. The zero-order valence-electron chi connectivity index (χ0n) is 20.2. The van der Waals surface area contributed by atoms with Gasteiger partial charge in [-0.25, -0.2) is 14.2 Å². The highest BCUT2D eigenvalue weighted by molar-refractivity contribution is 5.91. The molecule has 5 rings (SSSR count). The Morgan fingerprint density at radius 2 is 1.94 bits per heavy atom. The molecule has 0 unspecified atom stereocenters. The molecule has 0 spiro atoms. The Hall–Kier alpha value is -4.09. The Balaban J connectivity index is 1.28. The minimum absolute atomic E-state index is 0.0837. The number of aryl methyl sites for hydroxylation is 3. The minimum atomic E-state index is -0.535. The van der Waals surface area contributed by atoms with Crippen molar-refractivity contribution >= 4 is 22.8 Å². The van der Waals surface area contributed by atoms with E-state index < -0.39 is 17.1 Å². The maximum atomic E-state index is 14.5. The highest BCUT2D eigenvalue weighted by Gasteiger charge is 2.18. The third-order valence-electron chi connectivity index (χ3n) is 6.63. The van der Waals surface area contributed by atoms with Crippen molar-refractivity contribution in [3.63, 3.8) is 0 Å². The van der Waals surface area contributed by atoms with Crippen molar-refractivity contribution in [2.45, 2.75) is 51.6 Å². The Kier molecular flexibility index (Phi) is 6.25. The monoisotopic (exact) mass is 494 g/mol. The number of hydrogen-bond acceptors (Lipinski definition) is 6. The van der Waals surface area contributed by atoms with Crippen molar-refractivity contribution in [1.29, 1.82) is 0 Å². The van der Waals surface area contributed by atoms with Gasteiger partial charge in [0.1, 0.15) is 11.6 Å². The van der Waals surface area contributed by atoms with Gasteiger partial charge < -0.3 is 14.5 Å². The number of halogens is 1. The van der Waals surface area contributed by atoms with Crippen LogP contribution in [0.1, 0.15) is 37.9 Å². The van der Waals surface area contributed by atoms with E-state index in [-0.39, 0.29) is 23.7 Å². The second-order valence-corrected chi connectivity index (χ2v) is 9.06. The van der Waals surface area contributed by atoms with Gasteiger partial charge in [0.05, 0.1) is 12.0 Å². The van der Waals surface area contributed by atoms with Gasteiger partial charge in [-0.15, -0.1) is 10.2 Å². The number of rotatable bonds is 6. The Morgan fingerprint density at radius 3 is 2.78 bits per heavy atom. The molecule has 4 heterocycles. The number of amides is 1. The minimum Gasteiger partial charge on any atom is -0.325 e. The number of hydrogen-bond donors (Lipinski definition) is 1. The van der Waals surface area contributed by atoms with Crippen LogP contribution in [0.5, 0.6) is 0 Å². The largest absolute Gasteiger partial charge is 0.332 e. The van der Waals surface area contributed by atoms with E-state index in [2.05, 4.69) is 25.1 Å². The quantitative estimate of drug-likeness (QED) is 0.438. The molecular formula is C24H27FN8O3. The first kappa shape index (κ1) is 23.6. The van der Waals surface area contributed by atoms with E-state index >= 15 is 0 Å². The summed E-state index contributed by atoms with van der Waals surface area (Å²) in [6.07, 6.45) is 6.09. The third-order valence-corrected chi connectivity index (χ3v) is 6.63. The fourth-order valence-electron chi connectivity index (χ4n) is 4.65. The van der Waals surface area contributed by atoms with E-state index in [4.69, 9.17) is 0 Å². The molecule has 0 saturated heterocycles. The third kappa shape index (κ3) is 4.23. The number of anilines is 1. The molecule has 0 atom stereocenters. The Bertz CT molecular complexity index is 1580. The summed E-state index contributed by atoms with van der Waals surface area (Å²) in [7, 11) is 2.96. The molecular weight excluding hydrogens is 467 g/mol. The summed E-state index contributed by atoms with van der Waals surface area (Å²) in [6.45, 7) is 1.16. The predicted molar refractivity (Wildman–Crippen MR) is 131 cm³/mol. The summed E-state index contributed by atoms with van der Waals surface area (Å²) in [5.41, 5.74) is 0.465. The SMILES string of the molecule is Cn1c(=O)c2c(ncn2CCCC(=O)Nc2cc(-c3nnc4n3CCCCC4)ccc2F)n(C)c1=O. The number of nitrogens with zero attached hydrogens (tertiary/aromatic N) is 7. The van der Waals surface area contributed by atoms with Crippen LogP contribution in [0.15, 0.2) is 34.1 Å². The molecule has 0 bridgehead atoms. The molecule has 36 heavy (non-hydrogen) atoms. The van der Waals surface area contributed by atoms with Crippen LogP contribution in [0.25, 0.3) is 22.6 Å². The van der Waals surface area contributed by atoms with Crippen molar-refractivity contribution in [1.82, 2.24) is 33.4 Å². The summed E-state index contributed by atoms with van der Waals surface area (Å²) >= 11 is 0. The van der Waals surface area contributed by atoms with E-state index in [1.807, 2.05) is 0 Å². The van der Waals surface area contributed by atoms with Gasteiger partial charge in [-0.2, -0.15) is 0 Å². The molecule has 4 aromatic rings. The average Bonchev–Trinajstić information content (AvgIpc) is 3.40. The highest BCUT2D eigenvalue weighted by Crippen LogP contribution is 2.26. The van der Waals surface area contributed by atoms with E-state index in [1.165, 1.54) is 24.0 Å². The summed E-state index contributed by atoms with van der Waals surface area (Å²) in [5, 5.41) is 11.3. The fourth-order valence-corrected chi connectivity index (χ4v) is 4.65. The number of imidazole rings is 1. The topological polar surface area (TPSA) is 122 Å². The van der Waals surface area contributed by atoms with Crippen LogP contribution in [-0.2, 0) is 38.4 Å². The molecule has 1 amide bonds. The molecule has 0 saturated carbocycles. The lowest BCUT2D eigenvalue weighted by molar-refractivity contribution is -0.116. The van der Waals surface area contributed by atoms with Crippen molar-refractivity contribution < 1.29 is 9.18 Å². The van der Waals surface area contributed by atoms with E-state index in [1.54, 1.807) is 23.7 Å². The van der Waals surface area contributed by atoms with Crippen LogP contribution in [-0.4, -0.2) is 39.4 Å². The van der Waals surface area contributed by atoms with Gasteiger partial charge in [-0.05, 0) is 37.5 Å². The predicted octanol–water partition coefficient (Wildman–Crippen LogP) is 1.98. The van der Waals surface area contributed by atoms with Crippen LogP contribution in [0.2, 0.25) is 0 Å². The first-order chi connectivity index (χ1) is 17.3. The lowest BCUT2D eigenvalue weighted by Gasteiger charge is -2.11. The molecule has 12 heteroatoms. The molecule has 1 aliphatic rings. The molecule has 1 N–H and O–H groups in total. The fraction of sp³-hybridized carbons (Fsp3) is 0.417. The summed E-state index contributed by atoms with van der Waals surface area (Å²) in [5.74, 6) is 0.716. The standard InChI is InChI=1S/C24H27FN8O3/c1-30-22-20(23(35)31(2)24(30)36)32(14-26-22)11-6-8-19(34)27-17-13-15(9-10-16(17)25)21-29-28-18-7-4-3-5-12-33(18)21/h9-10,13-14H,3-8,11-12H2,1-2H3,(H,27,34). The van der Waals surface area contributed by atoms with Crippen LogP contribution in [0.3, 0.4) is 0 Å². The van der Waals surface area contributed by atoms with E-state index in [9.17, 15) is 18.8 Å². The van der Waals surface area contributed by atoms with Gasteiger partial charge in [0.2, 0.25) is 5.91 Å². The number of aromatic nitrogens is 7. The molecule has 11 nitrogen and oxygen atoms in total. The first-order valence-corrected chi connectivity index (χ1v) is 12.0. The molecule has 1 aliphatic heterocycles. The van der Waals surface area contributed by atoms with Crippen LogP contribution in [0.4, 0.5) is 10.1 Å². The van der Waals surface area contributed by atoms with E-state index in [0.29, 0.717) is 29.9 Å². The van der Waals surface area contributed by atoms with Crippen molar-refractivity contribution in [3.05, 3.63) is 57.0 Å². The smallest absolute Gasteiger partial charge is 0.325 e. The van der Waals surface area contributed by atoms with Crippen molar-refractivity contribution in [3.8, 4) is 11.4 Å². The number of nitrogens with one attached hydrogen (secondary N) is 1. The number of fused-ring (bicyclic) bond motifs is 2. The number of carbonyl (C=O) groups excluding carboxylic acids is 1. The highest BCUT2D eigenvalue weighted by atomic mass is 19.1. The molecule has 0 aliphatic carbocycles. The van der Waals surface area contributed by atoms with Crippen molar-refractivity contribution in [2.24, 2.45) is 14.1 Å². The Morgan fingerprint density at radius 1 is 1.11 bits per heavy atom. The molecule has 188 valence electrons. The van der Waals surface area contributed by atoms with Crippen LogP contribution < -0.4 is 16.6 Å². The van der Waals surface area contributed by atoms with Crippen LogP contribution >= 0.6 is 0 Å². The molecule has 3 aromatic heterocycles. The lowest BCUT2D eigenvalue weighted by atomic mass is 10.1. The zero-order chi connectivity index (χ0) is 25.4. The summed E-state index contributed by atoms with van der Waals surface area (Å²) in [6, 6.07) is 4.55. The maximum absolute atomic E-state index is 14.5. The lowest BCUT2D eigenvalue weighted by Crippen LogP contribution is -2.37. The molecule has 0 radical (unpaired) electrons. The number of carbonyl (C=O) groups is 1. The van der Waals surface area contributed by atoms with Crippen molar-refractivity contribution in [2.75, 3.05) is 5.32 Å².